The van der Waals surface area contributed by atoms with Crippen molar-refractivity contribution >= 4 is 5.57 Å². The Morgan fingerprint density at radius 3 is 1.64 bits per heavy atom. The Balaban J connectivity index is 2.19. The molecule has 0 atom stereocenters. The van der Waals surface area contributed by atoms with Gasteiger partial charge in [-0.3, -0.25) is 0 Å². The quantitative estimate of drug-likeness (QED) is 0.567. The molecule has 0 saturated heterocycles. The van der Waals surface area contributed by atoms with Crippen molar-refractivity contribution in [2.75, 3.05) is 0 Å². The van der Waals surface area contributed by atoms with Gasteiger partial charge in [0.05, 0.1) is 11.4 Å². The van der Waals surface area contributed by atoms with Gasteiger partial charge in [0.25, 0.3) is 0 Å². The highest BCUT2D eigenvalue weighted by Gasteiger charge is 2.07. The van der Waals surface area contributed by atoms with E-state index in [2.05, 4.69) is 49.6 Å². The van der Waals surface area contributed by atoms with E-state index in [1.165, 1.54) is 0 Å². The highest BCUT2D eigenvalue weighted by Crippen LogP contribution is 2.27. The van der Waals surface area contributed by atoms with Crippen LogP contribution in [0.5, 0.6) is 0 Å². The van der Waals surface area contributed by atoms with E-state index in [0.29, 0.717) is 0 Å². The number of hydrogen-bond acceptors (Lipinski definition) is 1. The fraction of sp³-hybridized carbons (Fsp3) is 0. The molecule has 0 amide bonds. The summed E-state index contributed by atoms with van der Waals surface area (Å²) in [6.07, 6.45) is 1.78. The number of allylic oxidation sites excluding steroid dienone is 2. The van der Waals surface area contributed by atoms with Crippen molar-refractivity contribution in [1.82, 2.24) is 4.98 Å². The lowest BCUT2D eigenvalue weighted by atomic mass is 10.0. The molecule has 0 saturated carbocycles. The zero-order valence-corrected chi connectivity index (χ0v) is 12.4. The molecule has 0 radical (unpaired) electrons. The van der Waals surface area contributed by atoms with Crippen molar-refractivity contribution in [3.05, 3.63) is 97.6 Å². The first-order valence-electron chi connectivity index (χ1n) is 7.22. The van der Waals surface area contributed by atoms with Crippen LogP contribution in [0.25, 0.3) is 28.1 Å². The number of rotatable bonds is 4. The second-order valence-corrected chi connectivity index (χ2v) is 5.09. The van der Waals surface area contributed by atoms with Crippen LogP contribution in [0.3, 0.4) is 0 Å². The van der Waals surface area contributed by atoms with Crippen molar-refractivity contribution in [3.63, 3.8) is 0 Å². The second kappa shape index (κ2) is 6.23. The van der Waals surface area contributed by atoms with Crippen LogP contribution in [0.1, 0.15) is 5.56 Å². The third-order valence-corrected chi connectivity index (χ3v) is 3.58. The van der Waals surface area contributed by atoms with E-state index in [1.807, 2.05) is 36.4 Å². The number of hydrogen-bond donors (Lipinski definition) is 0. The van der Waals surface area contributed by atoms with E-state index in [0.717, 1.165) is 33.7 Å². The zero-order chi connectivity index (χ0) is 15.4. The number of aromatic nitrogens is 1. The van der Waals surface area contributed by atoms with E-state index in [9.17, 15) is 0 Å². The van der Waals surface area contributed by atoms with Gasteiger partial charge in [-0.1, -0.05) is 79.9 Å². The molecule has 0 aliphatic carbocycles. The highest BCUT2D eigenvalue weighted by atomic mass is 14.7. The molecule has 3 rings (SSSR count). The molecule has 0 unspecified atom stereocenters. The summed E-state index contributed by atoms with van der Waals surface area (Å²) in [5.74, 6) is 0. The van der Waals surface area contributed by atoms with Crippen LogP contribution < -0.4 is 0 Å². The minimum absolute atomic E-state index is 0.900. The molecule has 0 spiro atoms. The van der Waals surface area contributed by atoms with Gasteiger partial charge in [0, 0.05) is 11.1 Å². The number of benzene rings is 2. The SMILES string of the molecule is C=CC(=C)c1cc(-c2ccccc2)nc(-c2ccccc2)c1. The maximum Gasteiger partial charge on any atom is 0.0715 e. The van der Waals surface area contributed by atoms with Crippen LogP contribution in [-0.2, 0) is 0 Å². The first kappa shape index (κ1) is 14.0. The minimum atomic E-state index is 0.900. The van der Waals surface area contributed by atoms with Crippen LogP contribution in [0.2, 0.25) is 0 Å². The summed E-state index contributed by atoms with van der Waals surface area (Å²) in [5.41, 5.74) is 6.02. The van der Waals surface area contributed by atoms with E-state index < -0.39 is 0 Å². The fourth-order valence-electron chi connectivity index (χ4n) is 2.35. The molecule has 0 aliphatic rings. The lowest BCUT2D eigenvalue weighted by molar-refractivity contribution is 1.31. The summed E-state index contributed by atoms with van der Waals surface area (Å²) < 4.78 is 0. The Labute approximate surface area is 131 Å². The van der Waals surface area contributed by atoms with Crippen LogP contribution in [0, 0.1) is 0 Å². The molecule has 0 N–H and O–H groups in total. The van der Waals surface area contributed by atoms with Crippen LogP contribution in [-0.4, -0.2) is 4.98 Å². The molecule has 0 aliphatic heterocycles. The summed E-state index contributed by atoms with van der Waals surface area (Å²) in [4.78, 5) is 4.82. The first-order chi connectivity index (χ1) is 10.8. The Hall–Kier alpha value is -2.93. The lowest BCUT2D eigenvalue weighted by Gasteiger charge is -2.10. The van der Waals surface area contributed by atoms with E-state index in [1.54, 1.807) is 6.08 Å². The highest BCUT2D eigenvalue weighted by molar-refractivity contribution is 5.78. The number of nitrogens with zero attached hydrogens (tertiary/aromatic N) is 1. The molecule has 22 heavy (non-hydrogen) atoms. The monoisotopic (exact) mass is 283 g/mol. The standard InChI is InChI=1S/C21H17N/c1-3-16(2)19-14-20(17-10-6-4-7-11-17)22-21(15-19)18-12-8-5-9-13-18/h3-15H,1-2H2. The van der Waals surface area contributed by atoms with Gasteiger partial charge in [0.15, 0.2) is 0 Å². The maximum atomic E-state index is 4.82. The van der Waals surface area contributed by atoms with Crippen molar-refractivity contribution in [2.24, 2.45) is 0 Å². The molecule has 0 fully saturated rings. The molecule has 0 bridgehead atoms. The molecule has 1 heterocycles. The predicted molar refractivity (Wildman–Crippen MR) is 94.3 cm³/mol. The Morgan fingerprint density at radius 2 is 1.23 bits per heavy atom. The second-order valence-electron chi connectivity index (χ2n) is 5.09. The van der Waals surface area contributed by atoms with Crippen LogP contribution >= 0.6 is 0 Å². The third-order valence-electron chi connectivity index (χ3n) is 3.58. The van der Waals surface area contributed by atoms with Crippen molar-refractivity contribution in [1.29, 1.82) is 0 Å². The first-order valence-corrected chi connectivity index (χ1v) is 7.22. The average molecular weight is 283 g/mol. The molecule has 1 nitrogen and oxygen atoms in total. The summed E-state index contributed by atoms with van der Waals surface area (Å²) in [7, 11) is 0. The topological polar surface area (TPSA) is 12.9 Å². The summed E-state index contributed by atoms with van der Waals surface area (Å²) in [5, 5.41) is 0. The molecular formula is C21H17N. The van der Waals surface area contributed by atoms with Gasteiger partial charge >= 0.3 is 0 Å². The van der Waals surface area contributed by atoms with Gasteiger partial charge in [-0.15, -0.1) is 0 Å². The summed E-state index contributed by atoms with van der Waals surface area (Å²) in [6, 6.07) is 24.5. The molecule has 106 valence electrons. The normalized spacial score (nSPS) is 10.2. The van der Waals surface area contributed by atoms with Gasteiger partial charge in [0.2, 0.25) is 0 Å². The molecular weight excluding hydrogens is 266 g/mol. The van der Waals surface area contributed by atoms with Crippen molar-refractivity contribution in [2.45, 2.75) is 0 Å². The summed E-state index contributed by atoms with van der Waals surface area (Å²) in [6.45, 7) is 7.89. The van der Waals surface area contributed by atoms with Crippen molar-refractivity contribution < 1.29 is 0 Å². The van der Waals surface area contributed by atoms with Gasteiger partial charge in [-0.05, 0) is 23.3 Å². The average Bonchev–Trinajstić information content (AvgIpc) is 2.62. The van der Waals surface area contributed by atoms with Gasteiger partial charge < -0.3 is 0 Å². The molecule has 1 heteroatoms. The van der Waals surface area contributed by atoms with Gasteiger partial charge in [-0.25, -0.2) is 4.98 Å². The molecule has 2 aromatic carbocycles. The Morgan fingerprint density at radius 1 is 0.773 bits per heavy atom. The Bertz CT molecular complexity index is 744. The van der Waals surface area contributed by atoms with E-state index >= 15 is 0 Å². The Kier molecular flexibility index (Phi) is 3.97. The minimum Gasteiger partial charge on any atom is -0.248 e. The van der Waals surface area contributed by atoms with Gasteiger partial charge in [-0.2, -0.15) is 0 Å². The zero-order valence-electron chi connectivity index (χ0n) is 12.4. The van der Waals surface area contributed by atoms with E-state index in [4.69, 9.17) is 4.98 Å². The third kappa shape index (κ3) is 2.89. The van der Waals surface area contributed by atoms with Crippen LogP contribution in [0.15, 0.2) is 92.0 Å². The summed E-state index contributed by atoms with van der Waals surface area (Å²) >= 11 is 0. The van der Waals surface area contributed by atoms with Gasteiger partial charge in [0.1, 0.15) is 0 Å². The maximum absolute atomic E-state index is 4.82. The predicted octanol–water partition coefficient (Wildman–Crippen LogP) is 5.61. The molecule has 3 aromatic rings. The fourth-order valence-corrected chi connectivity index (χ4v) is 2.35. The smallest absolute Gasteiger partial charge is 0.0715 e. The van der Waals surface area contributed by atoms with Crippen molar-refractivity contribution in [3.8, 4) is 22.5 Å². The van der Waals surface area contributed by atoms with Crippen LogP contribution in [0.4, 0.5) is 0 Å². The number of pyridine rings is 1. The van der Waals surface area contributed by atoms with E-state index in [-0.39, 0.29) is 0 Å². The molecule has 1 aromatic heterocycles. The lowest BCUT2D eigenvalue weighted by Crippen LogP contribution is -1.92. The largest absolute Gasteiger partial charge is 0.248 e.